The molecule has 0 aliphatic rings. The van der Waals surface area contributed by atoms with Crippen molar-refractivity contribution >= 4 is 17.8 Å². The van der Waals surface area contributed by atoms with E-state index in [-0.39, 0.29) is 12.1 Å². The number of aliphatic carboxylic acids is 1. The van der Waals surface area contributed by atoms with Gasteiger partial charge in [-0.1, -0.05) is 12.1 Å². The third-order valence-corrected chi connectivity index (χ3v) is 2.40. The maximum Gasteiger partial charge on any atom is 0.335 e. The summed E-state index contributed by atoms with van der Waals surface area (Å²) >= 11 is 0. The van der Waals surface area contributed by atoms with Gasteiger partial charge in [0.25, 0.3) is 0 Å². The molecule has 0 spiro atoms. The van der Waals surface area contributed by atoms with Gasteiger partial charge in [-0.2, -0.15) is 0 Å². The molecule has 0 aliphatic heterocycles. The van der Waals surface area contributed by atoms with Crippen LogP contribution in [0.4, 0.5) is 0 Å². The van der Waals surface area contributed by atoms with E-state index in [2.05, 4.69) is 5.32 Å². The molecular weight excluding hydrogens is 252 g/mol. The lowest BCUT2D eigenvalue weighted by molar-refractivity contribution is -0.139. The van der Waals surface area contributed by atoms with Gasteiger partial charge in [0.1, 0.15) is 0 Å². The van der Waals surface area contributed by atoms with Gasteiger partial charge in [-0.25, -0.2) is 4.79 Å². The largest absolute Gasteiger partial charge is 0.481 e. The maximum absolute atomic E-state index is 11.4. The van der Waals surface area contributed by atoms with Gasteiger partial charge in [-0.3, -0.25) is 9.59 Å². The lowest BCUT2D eigenvalue weighted by Gasteiger charge is -2.10. The molecule has 7 heteroatoms. The minimum absolute atomic E-state index is 0.151. The average molecular weight is 266 g/mol. The van der Waals surface area contributed by atoms with Crippen LogP contribution >= 0.6 is 0 Å². The number of carboxylic acid groups (broad SMARTS) is 2. The molecule has 1 atom stereocenters. The second-order valence-corrected chi connectivity index (χ2v) is 3.92. The van der Waals surface area contributed by atoms with E-state index in [4.69, 9.17) is 15.9 Å². The predicted octanol–water partition coefficient (Wildman–Crippen LogP) is -0.197. The van der Waals surface area contributed by atoms with E-state index >= 15 is 0 Å². The van der Waals surface area contributed by atoms with Crippen molar-refractivity contribution in [2.75, 3.05) is 0 Å². The maximum atomic E-state index is 11.4. The van der Waals surface area contributed by atoms with Crippen LogP contribution in [0.5, 0.6) is 0 Å². The number of carbonyl (C=O) groups excluding carboxylic acids is 1. The number of carboxylic acids is 2. The summed E-state index contributed by atoms with van der Waals surface area (Å²) in [6.07, 6.45) is -0.441. The van der Waals surface area contributed by atoms with Crippen LogP contribution in [-0.2, 0) is 16.1 Å². The summed E-state index contributed by atoms with van der Waals surface area (Å²) in [6.45, 7) is 0.159. The van der Waals surface area contributed by atoms with Gasteiger partial charge < -0.3 is 21.3 Å². The first kappa shape index (κ1) is 14.7. The monoisotopic (exact) mass is 266 g/mol. The lowest BCUT2D eigenvalue weighted by Crippen LogP contribution is -2.41. The fourth-order valence-corrected chi connectivity index (χ4v) is 1.37. The summed E-state index contributed by atoms with van der Waals surface area (Å²) in [6, 6.07) is 4.86. The molecule has 1 aromatic carbocycles. The fourth-order valence-electron chi connectivity index (χ4n) is 1.37. The first-order valence-electron chi connectivity index (χ1n) is 5.47. The standard InChI is InChI=1S/C12H14N2O5/c13-9(5-10(15)16)11(17)14-6-7-1-3-8(4-2-7)12(18)19/h1-4,9H,5-6,13H2,(H,14,17)(H,15,16)(H,18,19). The first-order chi connectivity index (χ1) is 8.90. The Balaban J connectivity index is 2.50. The van der Waals surface area contributed by atoms with Crippen molar-refractivity contribution in [3.8, 4) is 0 Å². The van der Waals surface area contributed by atoms with Crippen molar-refractivity contribution in [3.05, 3.63) is 35.4 Å². The van der Waals surface area contributed by atoms with Crippen molar-refractivity contribution < 1.29 is 24.6 Å². The molecule has 7 nitrogen and oxygen atoms in total. The minimum atomic E-state index is -1.14. The number of rotatable bonds is 6. The second-order valence-electron chi connectivity index (χ2n) is 3.92. The zero-order valence-corrected chi connectivity index (χ0v) is 10.00. The number of hydrogen-bond acceptors (Lipinski definition) is 4. The number of amides is 1. The molecule has 1 unspecified atom stereocenters. The van der Waals surface area contributed by atoms with Gasteiger partial charge in [-0.05, 0) is 17.7 Å². The topological polar surface area (TPSA) is 130 Å². The summed E-state index contributed by atoms with van der Waals surface area (Å²) in [4.78, 5) is 32.4. The van der Waals surface area contributed by atoms with Crippen LogP contribution in [0.25, 0.3) is 0 Å². The Morgan fingerprint density at radius 3 is 2.21 bits per heavy atom. The quantitative estimate of drug-likeness (QED) is 0.564. The molecule has 0 aliphatic carbocycles. The Morgan fingerprint density at radius 2 is 1.74 bits per heavy atom. The smallest absolute Gasteiger partial charge is 0.335 e. The first-order valence-corrected chi connectivity index (χ1v) is 5.47. The molecular formula is C12H14N2O5. The number of carbonyl (C=O) groups is 3. The highest BCUT2D eigenvalue weighted by Gasteiger charge is 2.16. The zero-order chi connectivity index (χ0) is 14.4. The molecule has 0 radical (unpaired) electrons. The van der Waals surface area contributed by atoms with Crippen molar-refractivity contribution in [2.24, 2.45) is 5.73 Å². The second kappa shape index (κ2) is 6.50. The SMILES string of the molecule is NC(CC(=O)O)C(=O)NCc1ccc(C(=O)O)cc1. The Hall–Kier alpha value is -2.41. The molecule has 1 amide bonds. The predicted molar refractivity (Wildman–Crippen MR) is 65.5 cm³/mol. The van der Waals surface area contributed by atoms with Crippen LogP contribution in [0, 0.1) is 0 Å². The zero-order valence-electron chi connectivity index (χ0n) is 10.00. The summed E-state index contributed by atoms with van der Waals surface area (Å²) in [7, 11) is 0. The third kappa shape index (κ3) is 4.76. The molecule has 0 aromatic heterocycles. The summed E-state index contributed by atoms with van der Waals surface area (Å²) in [5, 5.41) is 19.7. The van der Waals surface area contributed by atoms with Gasteiger partial charge in [0.05, 0.1) is 18.0 Å². The molecule has 5 N–H and O–H groups in total. The van der Waals surface area contributed by atoms with Crippen LogP contribution in [0.1, 0.15) is 22.3 Å². The van der Waals surface area contributed by atoms with Gasteiger partial charge in [0.2, 0.25) is 5.91 Å². The van der Waals surface area contributed by atoms with E-state index in [1.165, 1.54) is 12.1 Å². The van der Waals surface area contributed by atoms with Crippen molar-refractivity contribution in [3.63, 3.8) is 0 Å². The van der Waals surface area contributed by atoms with E-state index in [0.717, 1.165) is 0 Å². The molecule has 0 bridgehead atoms. The van der Waals surface area contributed by atoms with Crippen molar-refractivity contribution in [2.45, 2.75) is 19.0 Å². The number of hydrogen-bond donors (Lipinski definition) is 4. The van der Waals surface area contributed by atoms with E-state index in [9.17, 15) is 14.4 Å². The van der Waals surface area contributed by atoms with Crippen LogP contribution in [0.15, 0.2) is 24.3 Å². The van der Waals surface area contributed by atoms with Crippen LogP contribution in [-0.4, -0.2) is 34.1 Å². The molecule has 1 aromatic rings. The summed E-state index contributed by atoms with van der Waals surface area (Å²) < 4.78 is 0. The van der Waals surface area contributed by atoms with E-state index in [1.54, 1.807) is 12.1 Å². The average Bonchev–Trinajstić information content (AvgIpc) is 2.35. The fraction of sp³-hybridized carbons (Fsp3) is 0.250. The Morgan fingerprint density at radius 1 is 1.16 bits per heavy atom. The third-order valence-electron chi connectivity index (χ3n) is 2.40. The number of benzene rings is 1. The minimum Gasteiger partial charge on any atom is -0.481 e. The Bertz CT molecular complexity index is 483. The lowest BCUT2D eigenvalue weighted by atomic mass is 10.1. The highest BCUT2D eigenvalue weighted by atomic mass is 16.4. The summed E-state index contributed by atoms with van der Waals surface area (Å²) in [5.74, 6) is -2.74. The Labute approximate surface area is 109 Å². The molecule has 0 saturated carbocycles. The van der Waals surface area contributed by atoms with Crippen molar-refractivity contribution in [1.82, 2.24) is 5.32 Å². The molecule has 0 fully saturated rings. The highest BCUT2D eigenvalue weighted by Crippen LogP contribution is 2.04. The van der Waals surface area contributed by atoms with Crippen LogP contribution < -0.4 is 11.1 Å². The van der Waals surface area contributed by atoms with Gasteiger partial charge in [-0.15, -0.1) is 0 Å². The van der Waals surface area contributed by atoms with Crippen LogP contribution in [0.3, 0.4) is 0 Å². The normalized spacial score (nSPS) is 11.6. The van der Waals surface area contributed by atoms with Crippen molar-refractivity contribution in [1.29, 1.82) is 0 Å². The summed E-state index contributed by atoms with van der Waals surface area (Å²) in [5.41, 5.74) is 6.22. The van der Waals surface area contributed by atoms with Gasteiger partial charge >= 0.3 is 11.9 Å². The number of aromatic carboxylic acids is 1. The molecule has 0 saturated heterocycles. The Kier molecular flexibility index (Phi) is 5.01. The molecule has 0 heterocycles. The molecule has 102 valence electrons. The van der Waals surface area contributed by atoms with Crippen LogP contribution in [0.2, 0.25) is 0 Å². The number of nitrogens with one attached hydrogen (secondary N) is 1. The highest BCUT2D eigenvalue weighted by molar-refractivity contribution is 5.87. The van der Waals surface area contributed by atoms with E-state index < -0.39 is 30.3 Å². The molecule has 1 rings (SSSR count). The molecule has 19 heavy (non-hydrogen) atoms. The number of nitrogens with two attached hydrogens (primary N) is 1. The van der Waals surface area contributed by atoms with Gasteiger partial charge in [0.15, 0.2) is 0 Å². The van der Waals surface area contributed by atoms with Gasteiger partial charge in [0, 0.05) is 6.54 Å². The van der Waals surface area contributed by atoms with E-state index in [1.807, 2.05) is 0 Å². The van der Waals surface area contributed by atoms with E-state index in [0.29, 0.717) is 5.56 Å².